The largest absolute Gasteiger partial charge is 0.462 e. The Bertz CT molecular complexity index is 1310. The lowest BCUT2D eigenvalue weighted by Crippen LogP contribution is -2.53. The number of aliphatic hydroxyl groups is 2. The van der Waals surface area contributed by atoms with Crippen LogP contribution in [-0.2, 0) is 28.6 Å². The number of rotatable bonds is 1. The Morgan fingerprint density at radius 2 is 1.85 bits per heavy atom. The second-order valence-corrected chi connectivity index (χ2v) is 14.5. The number of hydrogen-bond donors (Lipinski definition) is 2. The van der Waals surface area contributed by atoms with Crippen LogP contribution in [-0.4, -0.2) is 57.6 Å². The third-order valence-corrected chi connectivity index (χ3v) is 12.8. The lowest BCUT2D eigenvalue weighted by Gasteiger charge is -2.46. The minimum absolute atomic E-state index is 0.180. The molecular formula is C32H40O8. The van der Waals surface area contributed by atoms with Gasteiger partial charge in [0.05, 0.1) is 22.5 Å². The second-order valence-electron chi connectivity index (χ2n) is 14.5. The summed E-state index contributed by atoms with van der Waals surface area (Å²) < 4.78 is 18.5. The number of ether oxygens (including phenoxy) is 3. The van der Waals surface area contributed by atoms with E-state index in [-0.39, 0.29) is 36.6 Å². The molecule has 13 atom stereocenters. The molecule has 5 fully saturated rings. The van der Waals surface area contributed by atoms with Crippen molar-refractivity contribution in [2.24, 2.45) is 45.8 Å². The Balaban J connectivity index is 1.45. The summed E-state index contributed by atoms with van der Waals surface area (Å²) >= 11 is 0. The molecule has 0 aromatic rings. The van der Waals surface area contributed by atoms with Crippen LogP contribution >= 0.6 is 0 Å². The van der Waals surface area contributed by atoms with E-state index in [2.05, 4.69) is 18.7 Å². The first-order chi connectivity index (χ1) is 18.6. The molecule has 5 aliphatic carbocycles. The maximum Gasteiger partial charge on any atom is 0.334 e. The minimum atomic E-state index is -1.19. The highest BCUT2D eigenvalue weighted by Gasteiger charge is 2.84. The van der Waals surface area contributed by atoms with Crippen LogP contribution < -0.4 is 0 Å². The van der Waals surface area contributed by atoms with E-state index in [9.17, 15) is 24.6 Å². The predicted molar refractivity (Wildman–Crippen MR) is 142 cm³/mol. The molecule has 0 amide bonds. The molecular weight excluding hydrogens is 512 g/mol. The highest BCUT2D eigenvalue weighted by atomic mass is 16.6. The Morgan fingerprint density at radius 1 is 1.12 bits per heavy atom. The van der Waals surface area contributed by atoms with E-state index in [4.69, 9.17) is 14.2 Å². The van der Waals surface area contributed by atoms with Gasteiger partial charge >= 0.3 is 17.9 Å². The molecule has 2 bridgehead atoms. The number of esters is 3. The van der Waals surface area contributed by atoms with E-state index in [0.717, 1.165) is 5.57 Å². The lowest BCUT2D eigenvalue weighted by atomic mass is 9.54. The van der Waals surface area contributed by atoms with Crippen LogP contribution in [0.4, 0.5) is 0 Å². The first-order valence-electron chi connectivity index (χ1n) is 14.7. The SMILES string of the molecule is C=C1C(=O)O[C@@H]2[C@@H]1CC[C@](C)(O)[C@@]13C=C[C@@](C)([C@@H]21)[C@]1(C3)C(=O)O[C@@H]2[C@@H]3C(C)=CC[C@@H]3[C@](C)(O)C[C@H](OC(C)=O)[C@@H]21. The summed E-state index contributed by atoms with van der Waals surface area (Å²) in [6.45, 7) is 13.1. The molecule has 2 aliphatic heterocycles. The van der Waals surface area contributed by atoms with Gasteiger partial charge in [-0.3, -0.25) is 9.59 Å². The van der Waals surface area contributed by atoms with Crippen molar-refractivity contribution in [3.8, 4) is 0 Å². The summed E-state index contributed by atoms with van der Waals surface area (Å²) in [7, 11) is 0. The molecule has 8 heteroatoms. The maximum absolute atomic E-state index is 14.5. The van der Waals surface area contributed by atoms with Gasteiger partial charge in [0.15, 0.2) is 0 Å². The van der Waals surface area contributed by atoms with E-state index in [0.29, 0.717) is 24.8 Å². The number of hydrogen-bond acceptors (Lipinski definition) is 8. The Morgan fingerprint density at radius 3 is 2.55 bits per heavy atom. The standard InChI is InChI=1S/C32H40O8/c1-15-7-8-19-21(15)24-22(20(38-17(3)33)13-29(19,5)36)32(27(35)40-24)14-31-12-11-28(32,4)25(31)23-18(9-10-30(31,6)37)16(2)26(34)39-23/h7,11-12,18-25,36-37H,2,8-10,13-14H2,1,3-6H3/t18-,19+,20+,21-,22+,23-,24-,25-,28+,29-,30+,31-,32+/m1/s1. The fourth-order valence-corrected chi connectivity index (χ4v) is 11.0. The third-order valence-electron chi connectivity index (χ3n) is 12.8. The van der Waals surface area contributed by atoms with Crippen LogP contribution in [0.2, 0.25) is 0 Å². The van der Waals surface area contributed by atoms with Gasteiger partial charge in [-0.1, -0.05) is 37.3 Å². The number of carbonyl (C=O) groups is 3. The fraction of sp³-hybridized carbons (Fsp3) is 0.719. The van der Waals surface area contributed by atoms with Crippen LogP contribution in [0.5, 0.6) is 0 Å². The van der Waals surface area contributed by atoms with Gasteiger partial charge < -0.3 is 24.4 Å². The molecule has 40 heavy (non-hydrogen) atoms. The van der Waals surface area contributed by atoms with Crippen molar-refractivity contribution >= 4 is 17.9 Å². The van der Waals surface area contributed by atoms with Crippen molar-refractivity contribution in [3.63, 3.8) is 0 Å². The fourth-order valence-electron chi connectivity index (χ4n) is 11.0. The molecule has 0 aromatic heterocycles. The van der Waals surface area contributed by atoms with E-state index >= 15 is 0 Å². The van der Waals surface area contributed by atoms with Crippen molar-refractivity contribution in [1.29, 1.82) is 0 Å². The zero-order chi connectivity index (χ0) is 28.8. The first kappa shape index (κ1) is 26.4. The van der Waals surface area contributed by atoms with Gasteiger partial charge in [-0.05, 0) is 46.5 Å². The maximum atomic E-state index is 14.5. The first-order valence-corrected chi connectivity index (χ1v) is 14.7. The molecule has 2 N–H and O–H groups in total. The van der Waals surface area contributed by atoms with Gasteiger partial charge in [-0.2, -0.15) is 0 Å². The molecule has 8 nitrogen and oxygen atoms in total. The topological polar surface area (TPSA) is 119 Å². The zero-order valence-corrected chi connectivity index (χ0v) is 23.9. The van der Waals surface area contributed by atoms with Gasteiger partial charge in [-0.15, -0.1) is 0 Å². The minimum Gasteiger partial charge on any atom is -0.462 e. The molecule has 3 saturated carbocycles. The molecule has 7 rings (SSSR count). The Labute approximate surface area is 234 Å². The van der Waals surface area contributed by atoms with E-state index < -0.39 is 69.5 Å². The molecule has 1 spiro atoms. The Kier molecular flexibility index (Phi) is 5.08. The van der Waals surface area contributed by atoms with Crippen LogP contribution in [0.1, 0.15) is 66.7 Å². The van der Waals surface area contributed by atoms with Crippen molar-refractivity contribution in [2.45, 2.75) is 96.2 Å². The second kappa shape index (κ2) is 7.68. The number of carbonyl (C=O) groups excluding carboxylic acids is 3. The van der Waals surface area contributed by atoms with Crippen molar-refractivity contribution in [2.75, 3.05) is 0 Å². The van der Waals surface area contributed by atoms with Crippen LogP contribution in [0, 0.1) is 45.8 Å². The summed E-state index contributed by atoms with van der Waals surface area (Å²) in [4.78, 5) is 39.9. The lowest BCUT2D eigenvalue weighted by molar-refractivity contribution is -0.165. The monoisotopic (exact) mass is 552 g/mol. The van der Waals surface area contributed by atoms with Crippen LogP contribution in [0.15, 0.2) is 36.0 Å². The van der Waals surface area contributed by atoms with Gasteiger partial charge in [0.2, 0.25) is 0 Å². The summed E-state index contributed by atoms with van der Waals surface area (Å²) in [6.07, 6.45) is 6.43. The molecule has 216 valence electrons. The van der Waals surface area contributed by atoms with E-state index in [1.807, 2.05) is 26.8 Å². The summed E-state index contributed by atoms with van der Waals surface area (Å²) in [5.74, 6) is -2.84. The number of allylic oxidation sites excluding steroid dienone is 2. The molecule has 2 saturated heterocycles. The Hall–Kier alpha value is -2.45. The zero-order valence-electron chi connectivity index (χ0n) is 23.9. The molecule has 2 heterocycles. The third kappa shape index (κ3) is 2.83. The molecule has 7 aliphatic rings. The van der Waals surface area contributed by atoms with Gasteiger partial charge in [0.1, 0.15) is 18.3 Å². The number of fused-ring (bicyclic) bond motifs is 6. The quantitative estimate of drug-likeness (QED) is 0.220. The normalized spacial score (nSPS) is 55.6. The average molecular weight is 553 g/mol. The highest BCUT2D eigenvalue weighted by molar-refractivity contribution is 5.91. The predicted octanol–water partition coefficient (Wildman–Crippen LogP) is 3.41. The van der Waals surface area contributed by atoms with Gasteiger partial charge in [0.25, 0.3) is 0 Å². The van der Waals surface area contributed by atoms with Crippen molar-refractivity contribution in [3.05, 3.63) is 36.0 Å². The highest BCUT2D eigenvalue weighted by Crippen LogP contribution is 2.80. The van der Waals surface area contributed by atoms with E-state index in [1.165, 1.54) is 6.92 Å². The summed E-state index contributed by atoms with van der Waals surface area (Å²) in [5.41, 5.74) is -3.74. The molecule has 0 aromatic carbocycles. The van der Waals surface area contributed by atoms with Gasteiger partial charge in [0, 0.05) is 53.4 Å². The van der Waals surface area contributed by atoms with Crippen molar-refractivity contribution < 1.29 is 38.8 Å². The average Bonchev–Trinajstić information content (AvgIpc) is 3.56. The molecule has 0 radical (unpaired) electrons. The van der Waals surface area contributed by atoms with Gasteiger partial charge in [-0.25, -0.2) is 4.79 Å². The summed E-state index contributed by atoms with van der Waals surface area (Å²) in [5, 5.41) is 24.0. The van der Waals surface area contributed by atoms with Crippen molar-refractivity contribution in [1.82, 2.24) is 0 Å². The summed E-state index contributed by atoms with van der Waals surface area (Å²) in [6, 6.07) is 0. The van der Waals surface area contributed by atoms with Crippen LogP contribution in [0.3, 0.4) is 0 Å². The van der Waals surface area contributed by atoms with E-state index in [1.54, 1.807) is 6.92 Å². The smallest absolute Gasteiger partial charge is 0.334 e. The molecule has 0 unspecified atom stereocenters. The van der Waals surface area contributed by atoms with Crippen LogP contribution in [0.25, 0.3) is 0 Å².